The van der Waals surface area contributed by atoms with Crippen LogP contribution in [-0.4, -0.2) is 17.3 Å². The first-order valence-corrected chi connectivity index (χ1v) is 10.8. The standard InChI is InChI=1S/C20H23ClN2O2S/c1-24-17-3-2-16(21)7-15(17)11-26-19-23-22-18(25-19)20-8-12-4-13(9-20)6-14(5-12)10-20/h2-3,7,12-14H,4-6,8-11H2,1H3. The van der Waals surface area contributed by atoms with Gasteiger partial charge in [0.25, 0.3) is 5.22 Å². The lowest BCUT2D eigenvalue weighted by Gasteiger charge is -2.55. The monoisotopic (exact) mass is 390 g/mol. The van der Waals surface area contributed by atoms with Crippen LogP contribution >= 0.6 is 23.4 Å². The smallest absolute Gasteiger partial charge is 0.276 e. The summed E-state index contributed by atoms with van der Waals surface area (Å²) < 4.78 is 11.6. The van der Waals surface area contributed by atoms with Crippen LogP contribution in [0.1, 0.15) is 50.0 Å². The molecule has 0 amide bonds. The van der Waals surface area contributed by atoms with Crippen molar-refractivity contribution >= 4 is 23.4 Å². The largest absolute Gasteiger partial charge is 0.496 e. The van der Waals surface area contributed by atoms with E-state index in [-0.39, 0.29) is 5.41 Å². The number of rotatable bonds is 5. The Morgan fingerprint density at radius 3 is 2.50 bits per heavy atom. The van der Waals surface area contributed by atoms with E-state index in [0.717, 1.165) is 35.0 Å². The number of halogens is 1. The van der Waals surface area contributed by atoms with Gasteiger partial charge in [-0.25, -0.2) is 0 Å². The summed E-state index contributed by atoms with van der Waals surface area (Å²) in [6, 6.07) is 5.67. The number of nitrogens with zero attached hydrogens (tertiary/aromatic N) is 2. The molecule has 1 heterocycles. The number of aromatic nitrogens is 2. The molecule has 0 unspecified atom stereocenters. The lowest BCUT2D eigenvalue weighted by atomic mass is 9.49. The number of methoxy groups -OCH3 is 1. The van der Waals surface area contributed by atoms with E-state index in [2.05, 4.69) is 10.2 Å². The fourth-order valence-corrected chi connectivity index (χ4v) is 6.79. The number of thioether (sulfide) groups is 1. The Morgan fingerprint density at radius 2 is 1.85 bits per heavy atom. The maximum absolute atomic E-state index is 6.16. The van der Waals surface area contributed by atoms with E-state index in [1.807, 2.05) is 18.2 Å². The van der Waals surface area contributed by atoms with Crippen LogP contribution in [0, 0.1) is 17.8 Å². The summed E-state index contributed by atoms with van der Waals surface area (Å²) >= 11 is 7.68. The molecule has 4 fully saturated rings. The summed E-state index contributed by atoms with van der Waals surface area (Å²) in [7, 11) is 1.68. The quantitative estimate of drug-likeness (QED) is 0.631. The Labute approximate surface area is 163 Å². The average Bonchev–Trinajstić information content (AvgIpc) is 3.09. The summed E-state index contributed by atoms with van der Waals surface area (Å²) in [5, 5.41) is 10.2. The Bertz CT molecular complexity index is 787. The van der Waals surface area contributed by atoms with Gasteiger partial charge in [-0.05, 0) is 74.5 Å². The normalized spacial score (nSPS) is 32.2. The molecular formula is C20H23ClN2O2S. The number of hydrogen-bond donors (Lipinski definition) is 0. The van der Waals surface area contributed by atoms with Crippen molar-refractivity contribution in [3.05, 3.63) is 34.7 Å². The predicted molar refractivity (Wildman–Crippen MR) is 102 cm³/mol. The van der Waals surface area contributed by atoms with E-state index < -0.39 is 0 Å². The van der Waals surface area contributed by atoms with Crippen molar-refractivity contribution in [1.82, 2.24) is 10.2 Å². The maximum atomic E-state index is 6.16. The minimum absolute atomic E-state index is 0.161. The third-order valence-electron chi connectivity index (χ3n) is 6.49. The Kier molecular flexibility index (Phi) is 4.20. The van der Waals surface area contributed by atoms with E-state index in [9.17, 15) is 0 Å². The van der Waals surface area contributed by atoms with Crippen LogP contribution in [0.25, 0.3) is 0 Å². The first-order chi connectivity index (χ1) is 12.6. The topological polar surface area (TPSA) is 48.2 Å². The van der Waals surface area contributed by atoms with Crippen LogP contribution in [0.3, 0.4) is 0 Å². The van der Waals surface area contributed by atoms with Gasteiger partial charge in [0.2, 0.25) is 5.89 Å². The Balaban J connectivity index is 1.33. The molecule has 26 heavy (non-hydrogen) atoms. The number of hydrogen-bond acceptors (Lipinski definition) is 5. The molecule has 0 atom stereocenters. The van der Waals surface area contributed by atoms with Gasteiger partial charge in [0, 0.05) is 21.8 Å². The third kappa shape index (κ3) is 2.93. The first kappa shape index (κ1) is 16.9. The minimum atomic E-state index is 0.161. The van der Waals surface area contributed by atoms with E-state index in [0.29, 0.717) is 16.0 Å². The van der Waals surface area contributed by atoms with Crippen LogP contribution in [0.15, 0.2) is 27.8 Å². The Hall–Kier alpha value is -1.20. The second-order valence-electron chi connectivity index (χ2n) is 8.32. The van der Waals surface area contributed by atoms with Gasteiger partial charge < -0.3 is 9.15 Å². The van der Waals surface area contributed by atoms with Crippen molar-refractivity contribution in [3.8, 4) is 5.75 Å². The van der Waals surface area contributed by atoms with Gasteiger partial charge in [-0.3, -0.25) is 0 Å². The van der Waals surface area contributed by atoms with Crippen molar-refractivity contribution in [2.75, 3.05) is 7.11 Å². The summed E-state index contributed by atoms with van der Waals surface area (Å²) in [4.78, 5) is 0. The molecule has 1 aromatic heterocycles. The number of ether oxygens (including phenoxy) is 1. The second-order valence-corrected chi connectivity index (χ2v) is 9.68. The minimum Gasteiger partial charge on any atom is -0.496 e. The third-order valence-corrected chi connectivity index (χ3v) is 7.59. The van der Waals surface area contributed by atoms with E-state index in [1.54, 1.807) is 18.9 Å². The van der Waals surface area contributed by atoms with Crippen LogP contribution < -0.4 is 4.74 Å². The first-order valence-electron chi connectivity index (χ1n) is 9.43. The molecule has 4 nitrogen and oxygen atoms in total. The number of benzene rings is 1. The van der Waals surface area contributed by atoms with E-state index >= 15 is 0 Å². The second kappa shape index (κ2) is 6.45. The summed E-state index contributed by atoms with van der Waals surface area (Å²) in [6.07, 6.45) is 7.99. The fourth-order valence-electron chi connectivity index (χ4n) is 5.85. The van der Waals surface area contributed by atoms with Crippen LogP contribution in [0.2, 0.25) is 5.02 Å². The maximum Gasteiger partial charge on any atom is 0.276 e. The van der Waals surface area contributed by atoms with Crippen molar-refractivity contribution in [2.24, 2.45) is 17.8 Å². The van der Waals surface area contributed by atoms with E-state index in [1.165, 1.54) is 38.5 Å². The zero-order valence-electron chi connectivity index (χ0n) is 14.9. The van der Waals surface area contributed by atoms with Gasteiger partial charge in [0.15, 0.2) is 0 Å². The summed E-state index contributed by atoms with van der Waals surface area (Å²) in [5.41, 5.74) is 1.20. The lowest BCUT2D eigenvalue weighted by molar-refractivity contribution is -0.0191. The molecule has 138 valence electrons. The van der Waals surface area contributed by atoms with Crippen LogP contribution in [0.4, 0.5) is 0 Å². The highest BCUT2D eigenvalue weighted by Gasteiger charge is 2.54. The molecule has 6 rings (SSSR count). The molecule has 1 aromatic carbocycles. The average molecular weight is 391 g/mol. The molecule has 4 aliphatic carbocycles. The van der Waals surface area contributed by atoms with Gasteiger partial charge in [0.1, 0.15) is 5.75 Å². The zero-order chi connectivity index (χ0) is 17.7. The summed E-state index contributed by atoms with van der Waals surface area (Å²) in [5.74, 6) is 5.05. The van der Waals surface area contributed by atoms with Gasteiger partial charge in [-0.1, -0.05) is 23.4 Å². The fraction of sp³-hybridized carbons (Fsp3) is 0.600. The highest BCUT2D eigenvalue weighted by atomic mass is 35.5. The molecule has 4 aliphatic rings. The highest BCUT2D eigenvalue weighted by molar-refractivity contribution is 7.98. The molecular weight excluding hydrogens is 368 g/mol. The zero-order valence-corrected chi connectivity index (χ0v) is 16.5. The summed E-state index contributed by atoms with van der Waals surface area (Å²) in [6.45, 7) is 0. The van der Waals surface area contributed by atoms with Gasteiger partial charge in [-0.15, -0.1) is 10.2 Å². The van der Waals surface area contributed by atoms with Crippen molar-refractivity contribution in [3.63, 3.8) is 0 Å². The lowest BCUT2D eigenvalue weighted by Crippen LogP contribution is -2.48. The molecule has 4 bridgehead atoms. The molecule has 0 saturated heterocycles. The molecule has 2 aromatic rings. The van der Waals surface area contributed by atoms with Crippen molar-refractivity contribution < 1.29 is 9.15 Å². The predicted octanol–water partition coefficient (Wildman–Crippen LogP) is 5.49. The Morgan fingerprint density at radius 1 is 1.15 bits per heavy atom. The SMILES string of the molecule is COc1ccc(Cl)cc1CSc1nnc(C23CC4CC(CC(C4)C2)C3)o1. The van der Waals surface area contributed by atoms with Crippen LogP contribution in [-0.2, 0) is 11.2 Å². The van der Waals surface area contributed by atoms with Crippen molar-refractivity contribution in [2.45, 2.75) is 54.9 Å². The molecule has 0 N–H and O–H groups in total. The molecule has 0 aliphatic heterocycles. The molecule has 6 heteroatoms. The van der Waals surface area contributed by atoms with Gasteiger partial charge >= 0.3 is 0 Å². The van der Waals surface area contributed by atoms with Crippen LogP contribution in [0.5, 0.6) is 5.75 Å². The highest BCUT2D eigenvalue weighted by Crippen LogP contribution is 2.60. The van der Waals surface area contributed by atoms with Gasteiger partial charge in [0.05, 0.1) is 7.11 Å². The molecule has 4 saturated carbocycles. The molecule has 0 radical (unpaired) electrons. The van der Waals surface area contributed by atoms with E-state index in [4.69, 9.17) is 20.8 Å². The molecule has 0 spiro atoms. The van der Waals surface area contributed by atoms with Gasteiger partial charge in [-0.2, -0.15) is 0 Å². The van der Waals surface area contributed by atoms with Crippen molar-refractivity contribution in [1.29, 1.82) is 0 Å².